The maximum Gasteiger partial charge on any atom is 0.125 e. The molecule has 20 heavy (non-hydrogen) atoms. The van der Waals surface area contributed by atoms with Crippen molar-refractivity contribution in [3.63, 3.8) is 0 Å². The fraction of sp³-hybridized carbons (Fsp3) is 0.647. The molecule has 3 heteroatoms. The summed E-state index contributed by atoms with van der Waals surface area (Å²) in [7, 11) is 0. The Morgan fingerprint density at radius 3 is 2.25 bits per heavy atom. The van der Waals surface area contributed by atoms with E-state index in [2.05, 4.69) is 5.32 Å². The Morgan fingerprint density at radius 2 is 1.65 bits per heavy atom. The third kappa shape index (κ3) is 2.37. The van der Waals surface area contributed by atoms with Crippen molar-refractivity contribution in [3.05, 3.63) is 34.6 Å². The lowest BCUT2D eigenvalue weighted by Gasteiger charge is -2.54. The smallest absolute Gasteiger partial charge is 0.125 e. The maximum atomic E-state index is 13.4. The van der Waals surface area contributed by atoms with E-state index in [1.165, 1.54) is 38.2 Å². The SMILES string of the molecule is Fc1cc(Cl)cc(CNC2C3CC4CC(C3)CC2C4)c1. The zero-order chi connectivity index (χ0) is 13.7. The molecule has 4 saturated carbocycles. The molecule has 1 nitrogen and oxygen atoms in total. The highest BCUT2D eigenvalue weighted by Gasteiger charge is 2.47. The van der Waals surface area contributed by atoms with Crippen LogP contribution in [0.15, 0.2) is 18.2 Å². The third-order valence-corrected chi connectivity index (χ3v) is 5.91. The fourth-order valence-corrected chi connectivity index (χ4v) is 5.45. The van der Waals surface area contributed by atoms with Crippen LogP contribution >= 0.6 is 11.6 Å². The predicted molar refractivity (Wildman–Crippen MR) is 79.1 cm³/mol. The second-order valence-corrected chi connectivity index (χ2v) is 7.55. The van der Waals surface area contributed by atoms with Crippen molar-refractivity contribution in [1.82, 2.24) is 5.32 Å². The van der Waals surface area contributed by atoms with Gasteiger partial charge in [-0.2, -0.15) is 0 Å². The van der Waals surface area contributed by atoms with Gasteiger partial charge in [0.25, 0.3) is 0 Å². The van der Waals surface area contributed by atoms with E-state index in [9.17, 15) is 4.39 Å². The van der Waals surface area contributed by atoms with Crippen LogP contribution in [0.2, 0.25) is 5.02 Å². The minimum absolute atomic E-state index is 0.237. The van der Waals surface area contributed by atoms with E-state index < -0.39 is 0 Å². The Labute approximate surface area is 124 Å². The zero-order valence-electron chi connectivity index (χ0n) is 11.6. The fourth-order valence-electron chi connectivity index (χ4n) is 5.21. The van der Waals surface area contributed by atoms with Gasteiger partial charge in [-0.15, -0.1) is 0 Å². The summed E-state index contributed by atoms with van der Waals surface area (Å²) in [5.74, 6) is 3.48. The molecule has 0 atom stereocenters. The standard InChI is InChI=1S/C17H21ClFN/c18-15-6-12(7-16(19)8-15)9-20-17-13-2-10-1-11(4-13)5-14(17)3-10/h6-8,10-11,13-14,17,20H,1-5,9H2. The van der Waals surface area contributed by atoms with Gasteiger partial charge in [-0.1, -0.05) is 11.6 Å². The van der Waals surface area contributed by atoms with E-state index in [4.69, 9.17) is 11.6 Å². The van der Waals surface area contributed by atoms with E-state index in [1.54, 1.807) is 6.07 Å². The van der Waals surface area contributed by atoms with Crippen molar-refractivity contribution >= 4 is 11.6 Å². The summed E-state index contributed by atoms with van der Waals surface area (Å²) in [6, 6.07) is 5.47. The molecule has 0 amide bonds. The largest absolute Gasteiger partial charge is 0.309 e. The van der Waals surface area contributed by atoms with E-state index in [0.29, 0.717) is 11.1 Å². The molecule has 108 valence electrons. The van der Waals surface area contributed by atoms with Gasteiger partial charge in [-0.3, -0.25) is 0 Å². The Hall–Kier alpha value is -0.600. The molecular weight excluding hydrogens is 273 g/mol. The highest BCUT2D eigenvalue weighted by Crippen LogP contribution is 2.53. The first-order chi connectivity index (χ1) is 9.67. The first kappa shape index (κ1) is 13.1. The van der Waals surface area contributed by atoms with Crippen molar-refractivity contribution in [2.24, 2.45) is 23.7 Å². The van der Waals surface area contributed by atoms with Crippen LogP contribution in [-0.4, -0.2) is 6.04 Å². The van der Waals surface area contributed by atoms with Gasteiger partial charge in [0.15, 0.2) is 0 Å². The number of halogens is 2. The van der Waals surface area contributed by atoms with Crippen molar-refractivity contribution in [1.29, 1.82) is 0 Å². The summed E-state index contributed by atoms with van der Waals surface area (Å²) < 4.78 is 13.4. The number of nitrogens with one attached hydrogen (secondary N) is 1. The van der Waals surface area contributed by atoms with Crippen molar-refractivity contribution in [2.45, 2.75) is 44.7 Å². The lowest BCUT2D eigenvalue weighted by Crippen LogP contribution is -2.54. The molecular formula is C17H21ClFN. The highest BCUT2D eigenvalue weighted by molar-refractivity contribution is 6.30. The molecule has 0 heterocycles. The van der Waals surface area contributed by atoms with Gasteiger partial charge in [-0.05, 0) is 79.5 Å². The minimum Gasteiger partial charge on any atom is -0.309 e. The Balaban J connectivity index is 1.44. The second kappa shape index (κ2) is 4.99. The quantitative estimate of drug-likeness (QED) is 0.871. The van der Waals surface area contributed by atoms with Crippen LogP contribution in [0.1, 0.15) is 37.7 Å². The highest BCUT2D eigenvalue weighted by atomic mass is 35.5. The molecule has 4 aliphatic carbocycles. The molecule has 0 aromatic heterocycles. The number of hydrogen-bond donors (Lipinski definition) is 1. The minimum atomic E-state index is -0.237. The summed E-state index contributed by atoms with van der Waals surface area (Å²) in [6.07, 6.45) is 7.13. The Bertz CT molecular complexity index is 467. The molecule has 0 radical (unpaired) electrons. The molecule has 0 aliphatic heterocycles. The van der Waals surface area contributed by atoms with Crippen LogP contribution in [-0.2, 0) is 6.54 Å². The normalized spacial score (nSPS) is 38.4. The van der Waals surface area contributed by atoms with Crippen LogP contribution in [0.3, 0.4) is 0 Å². The molecule has 0 spiro atoms. The summed E-state index contributed by atoms with van der Waals surface area (Å²) in [5, 5.41) is 4.20. The second-order valence-electron chi connectivity index (χ2n) is 7.12. The van der Waals surface area contributed by atoms with E-state index in [0.717, 1.165) is 35.8 Å². The van der Waals surface area contributed by atoms with Crippen LogP contribution in [0.25, 0.3) is 0 Å². The average Bonchev–Trinajstić information content (AvgIpc) is 2.35. The maximum absolute atomic E-state index is 13.4. The summed E-state index contributed by atoms with van der Waals surface area (Å²) >= 11 is 5.92. The van der Waals surface area contributed by atoms with Gasteiger partial charge in [0.1, 0.15) is 5.82 Å². The van der Waals surface area contributed by atoms with Crippen LogP contribution in [0.4, 0.5) is 4.39 Å². The first-order valence-corrected chi connectivity index (χ1v) is 8.23. The number of rotatable bonds is 3. The van der Waals surface area contributed by atoms with E-state index >= 15 is 0 Å². The predicted octanol–water partition coefficient (Wildman–Crippen LogP) is 4.39. The van der Waals surface area contributed by atoms with Gasteiger partial charge in [-0.25, -0.2) is 4.39 Å². The number of benzene rings is 1. The molecule has 0 saturated heterocycles. The number of hydrogen-bond acceptors (Lipinski definition) is 1. The topological polar surface area (TPSA) is 12.0 Å². The summed E-state index contributed by atoms with van der Waals surface area (Å²) in [5.41, 5.74) is 0.962. The molecule has 1 aromatic carbocycles. The molecule has 1 aromatic rings. The van der Waals surface area contributed by atoms with Crippen LogP contribution < -0.4 is 5.32 Å². The molecule has 4 bridgehead atoms. The summed E-state index contributed by atoms with van der Waals surface area (Å²) in [6.45, 7) is 0.741. The third-order valence-electron chi connectivity index (χ3n) is 5.69. The first-order valence-electron chi connectivity index (χ1n) is 7.85. The van der Waals surface area contributed by atoms with Gasteiger partial charge in [0.2, 0.25) is 0 Å². The zero-order valence-corrected chi connectivity index (χ0v) is 12.4. The molecule has 0 unspecified atom stereocenters. The van der Waals surface area contributed by atoms with Crippen molar-refractivity contribution < 1.29 is 4.39 Å². The Morgan fingerprint density at radius 1 is 1.00 bits per heavy atom. The van der Waals surface area contributed by atoms with Gasteiger partial charge in [0.05, 0.1) is 0 Å². The van der Waals surface area contributed by atoms with Gasteiger partial charge >= 0.3 is 0 Å². The lowest BCUT2D eigenvalue weighted by molar-refractivity contribution is -0.0142. The lowest BCUT2D eigenvalue weighted by atomic mass is 9.54. The molecule has 1 N–H and O–H groups in total. The molecule has 4 fully saturated rings. The van der Waals surface area contributed by atoms with Crippen LogP contribution in [0, 0.1) is 29.5 Å². The van der Waals surface area contributed by atoms with Gasteiger partial charge in [0, 0.05) is 17.6 Å². The van der Waals surface area contributed by atoms with Crippen molar-refractivity contribution in [3.8, 4) is 0 Å². The van der Waals surface area contributed by atoms with Gasteiger partial charge < -0.3 is 5.32 Å². The molecule has 5 rings (SSSR count). The average molecular weight is 294 g/mol. The van der Waals surface area contributed by atoms with Crippen molar-refractivity contribution in [2.75, 3.05) is 0 Å². The van der Waals surface area contributed by atoms with E-state index in [-0.39, 0.29) is 5.82 Å². The van der Waals surface area contributed by atoms with Crippen LogP contribution in [0.5, 0.6) is 0 Å². The molecule has 4 aliphatic rings. The monoisotopic (exact) mass is 293 g/mol. The summed E-state index contributed by atoms with van der Waals surface area (Å²) in [4.78, 5) is 0. The van der Waals surface area contributed by atoms with E-state index in [1.807, 2.05) is 6.07 Å². The Kier molecular flexibility index (Phi) is 3.27.